The van der Waals surface area contributed by atoms with Gasteiger partial charge in [-0.05, 0) is 43.4 Å². The Kier molecular flexibility index (Phi) is 5.04. The highest BCUT2D eigenvalue weighted by molar-refractivity contribution is 8.00. The Balaban J connectivity index is 2.13. The molecule has 0 aromatic heterocycles. The zero-order valence-electron chi connectivity index (χ0n) is 10.6. The predicted octanol–water partition coefficient (Wildman–Crippen LogP) is 4.97. The molecule has 2 rings (SSSR count). The fourth-order valence-electron chi connectivity index (χ4n) is 2.47. The molecule has 2 nitrogen and oxygen atoms in total. The molecule has 1 aromatic carbocycles. The minimum atomic E-state index is -0.690. The van der Waals surface area contributed by atoms with Gasteiger partial charge in [-0.2, -0.15) is 0 Å². The Morgan fingerprint density at radius 2 is 2.05 bits per heavy atom. The number of aliphatic carboxylic acids is 1. The number of carboxylic acid groups (broad SMARTS) is 1. The van der Waals surface area contributed by atoms with Crippen molar-refractivity contribution in [1.82, 2.24) is 0 Å². The second-order valence-corrected chi connectivity index (χ2v) is 7.22. The molecule has 1 aliphatic rings. The van der Waals surface area contributed by atoms with Gasteiger partial charge in [-0.1, -0.05) is 30.1 Å². The average Bonchev–Trinajstić information content (AvgIpc) is 2.33. The third kappa shape index (κ3) is 3.80. The molecule has 3 unspecified atom stereocenters. The summed E-state index contributed by atoms with van der Waals surface area (Å²) in [5.74, 6) is -0.379. The van der Waals surface area contributed by atoms with Crippen LogP contribution in [0.5, 0.6) is 0 Å². The van der Waals surface area contributed by atoms with Crippen LogP contribution in [0.1, 0.15) is 26.2 Å². The van der Waals surface area contributed by atoms with Crippen LogP contribution in [0, 0.1) is 11.8 Å². The number of benzene rings is 1. The van der Waals surface area contributed by atoms with Gasteiger partial charge in [0.05, 0.1) is 16.0 Å². The molecular weight excluding hydrogens is 303 g/mol. The first-order chi connectivity index (χ1) is 8.97. The number of rotatable bonds is 3. The maximum absolute atomic E-state index is 11.3. The largest absolute Gasteiger partial charge is 0.481 e. The van der Waals surface area contributed by atoms with E-state index in [-0.39, 0.29) is 11.2 Å². The number of carboxylic acids is 1. The van der Waals surface area contributed by atoms with E-state index in [4.69, 9.17) is 23.2 Å². The van der Waals surface area contributed by atoms with Crippen LogP contribution in [0.2, 0.25) is 10.0 Å². The van der Waals surface area contributed by atoms with Crippen LogP contribution in [-0.2, 0) is 4.79 Å². The van der Waals surface area contributed by atoms with Crippen LogP contribution in [0.15, 0.2) is 23.1 Å². The highest BCUT2D eigenvalue weighted by Gasteiger charge is 2.34. The number of thioether (sulfide) groups is 1. The van der Waals surface area contributed by atoms with E-state index in [0.29, 0.717) is 16.0 Å². The summed E-state index contributed by atoms with van der Waals surface area (Å²) in [6.07, 6.45) is 2.69. The quantitative estimate of drug-likeness (QED) is 0.854. The first-order valence-electron chi connectivity index (χ1n) is 6.32. The van der Waals surface area contributed by atoms with E-state index in [2.05, 4.69) is 6.92 Å². The van der Waals surface area contributed by atoms with Crippen LogP contribution >= 0.6 is 35.0 Å². The van der Waals surface area contributed by atoms with E-state index >= 15 is 0 Å². The predicted molar refractivity (Wildman–Crippen MR) is 80.2 cm³/mol. The summed E-state index contributed by atoms with van der Waals surface area (Å²) >= 11 is 13.5. The van der Waals surface area contributed by atoms with Crippen molar-refractivity contribution in [3.05, 3.63) is 28.2 Å². The van der Waals surface area contributed by atoms with Crippen LogP contribution in [0.4, 0.5) is 0 Å². The molecule has 1 N–H and O–H groups in total. The zero-order valence-corrected chi connectivity index (χ0v) is 12.9. The topological polar surface area (TPSA) is 37.3 Å². The zero-order chi connectivity index (χ0) is 14.0. The summed E-state index contributed by atoms with van der Waals surface area (Å²) < 4.78 is 0. The van der Waals surface area contributed by atoms with Crippen molar-refractivity contribution in [1.29, 1.82) is 0 Å². The molecule has 5 heteroatoms. The summed E-state index contributed by atoms with van der Waals surface area (Å²) in [6, 6.07) is 5.47. The van der Waals surface area contributed by atoms with E-state index in [9.17, 15) is 9.90 Å². The molecule has 0 saturated heterocycles. The summed E-state index contributed by atoms with van der Waals surface area (Å²) in [4.78, 5) is 12.3. The van der Waals surface area contributed by atoms with Gasteiger partial charge in [0, 0.05) is 10.1 Å². The van der Waals surface area contributed by atoms with E-state index in [1.807, 2.05) is 12.1 Å². The Morgan fingerprint density at radius 1 is 1.32 bits per heavy atom. The Labute approximate surface area is 127 Å². The lowest BCUT2D eigenvalue weighted by Crippen LogP contribution is -2.32. The summed E-state index contributed by atoms with van der Waals surface area (Å²) in [7, 11) is 0. The molecule has 1 aliphatic carbocycles. The normalized spacial score (nSPS) is 27.2. The smallest absolute Gasteiger partial charge is 0.307 e. The van der Waals surface area contributed by atoms with E-state index in [1.165, 1.54) is 0 Å². The fraction of sp³-hybridized carbons (Fsp3) is 0.500. The Hall–Kier alpha value is -0.380. The molecule has 104 valence electrons. The molecule has 0 bridgehead atoms. The first kappa shape index (κ1) is 15.0. The van der Waals surface area contributed by atoms with Gasteiger partial charge in [0.2, 0.25) is 0 Å². The highest BCUT2D eigenvalue weighted by Crippen LogP contribution is 2.41. The van der Waals surface area contributed by atoms with Crippen LogP contribution < -0.4 is 0 Å². The van der Waals surface area contributed by atoms with Crippen LogP contribution in [0.25, 0.3) is 0 Å². The van der Waals surface area contributed by atoms with Gasteiger partial charge in [0.1, 0.15) is 0 Å². The lowest BCUT2D eigenvalue weighted by molar-refractivity contribution is -0.142. The van der Waals surface area contributed by atoms with Crippen molar-refractivity contribution in [3.8, 4) is 0 Å². The average molecular weight is 319 g/mol. The number of hydrogen-bond acceptors (Lipinski definition) is 2. The van der Waals surface area contributed by atoms with Gasteiger partial charge < -0.3 is 5.11 Å². The molecule has 1 fully saturated rings. The molecule has 19 heavy (non-hydrogen) atoms. The van der Waals surface area contributed by atoms with E-state index in [0.717, 1.165) is 24.2 Å². The standard InChI is InChI=1S/C14H16Cl2O2S/c1-8-2-4-10(14(17)18)13(6-8)19-9-3-5-11(15)12(16)7-9/h3,5,7-8,10,13H,2,4,6H2,1H3,(H,17,18). The first-order valence-corrected chi connectivity index (χ1v) is 7.95. The maximum Gasteiger partial charge on any atom is 0.307 e. The number of hydrogen-bond donors (Lipinski definition) is 1. The Bertz CT molecular complexity index is 479. The summed E-state index contributed by atoms with van der Waals surface area (Å²) in [6.45, 7) is 2.18. The van der Waals surface area contributed by atoms with Gasteiger partial charge in [0.15, 0.2) is 0 Å². The number of carbonyl (C=O) groups is 1. The molecule has 0 spiro atoms. The third-order valence-corrected chi connectivity index (χ3v) is 5.64. The van der Waals surface area contributed by atoms with E-state index < -0.39 is 5.97 Å². The van der Waals surface area contributed by atoms with Gasteiger partial charge in [-0.3, -0.25) is 4.79 Å². The SMILES string of the molecule is CC1CCC(C(=O)O)C(Sc2ccc(Cl)c(Cl)c2)C1. The van der Waals surface area contributed by atoms with Crippen molar-refractivity contribution >= 4 is 40.9 Å². The van der Waals surface area contributed by atoms with Gasteiger partial charge >= 0.3 is 5.97 Å². The number of halogens is 2. The summed E-state index contributed by atoms with van der Waals surface area (Å²) in [5.41, 5.74) is 0. The molecule has 0 aliphatic heterocycles. The second kappa shape index (κ2) is 6.38. The lowest BCUT2D eigenvalue weighted by Gasteiger charge is -2.31. The minimum absolute atomic E-state index is 0.110. The molecule has 1 aromatic rings. The van der Waals surface area contributed by atoms with Crippen molar-refractivity contribution in [2.24, 2.45) is 11.8 Å². The van der Waals surface area contributed by atoms with Gasteiger partial charge in [-0.25, -0.2) is 0 Å². The third-order valence-electron chi connectivity index (χ3n) is 3.55. The molecule has 0 amide bonds. The van der Waals surface area contributed by atoms with Crippen molar-refractivity contribution in [2.75, 3.05) is 0 Å². The van der Waals surface area contributed by atoms with Crippen molar-refractivity contribution in [3.63, 3.8) is 0 Å². The lowest BCUT2D eigenvalue weighted by atomic mass is 9.82. The molecule has 1 saturated carbocycles. The van der Waals surface area contributed by atoms with Crippen molar-refractivity contribution < 1.29 is 9.90 Å². The van der Waals surface area contributed by atoms with Crippen molar-refractivity contribution in [2.45, 2.75) is 36.3 Å². The second-order valence-electron chi connectivity index (χ2n) is 5.10. The van der Waals surface area contributed by atoms with Gasteiger partial charge in [0.25, 0.3) is 0 Å². The minimum Gasteiger partial charge on any atom is -0.481 e. The molecule has 3 atom stereocenters. The monoisotopic (exact) mass is 318 g/mol. The van der Waals surface area contributed by atoms with Crippen LogP contribution in [0.3, 0.4) is 0 Å². The molecular formula is C14H16Cl2O2S. The maximum atomic E-state index is 11.3. The fourth-order valence-corrected chi connectivity index (χ4v) is 4.35. The highest BCUT2D eigenvalue weighted by atomic mass is 35.5. The molecule has 0 radical (unpaired) electrons. The molecule has 0 heterocycles. The van der Waals surface area contributed by atoms with Gasteiger partial charge in [-0.15, -0.1) is 11.8 Å². The Morgan fingerprint density at radius 3 is 2.68 bits per heavy atom. The van der Waals surface area contributed by atoms with Crippen LogP contribution in [-0.4, -0.2) is 16.3 Å². The summed E-state index contributed by atoms with van der Waals surface area (Å²) in [5, 5.41) is 10.5. The van der Waals surface area contributed by atoms with E-state index in [1.54, 1.807) is 17.8 Å².